The first-order valence-corrected chi connectivity index (χ1v) is 9.12. The predicted molar refractivity (Wildman–Crippen MR) is 82.4 cm³/mol. The van der Waals surface area contributed by atoms with Gasteiger partial charge in [-0.15, -0.1) is 0 Å². The Balaban J connectivity index is 2.03. The van der Waals surface area contributed by atoms with Crippen molar-refractivity contribution in [1.82, 2.24) is 10.0 Å². The molecule has 0 aromatic carbocycles. The first-order chi connectivity index (χ1) is 9.79. The zero-order valence-corrected chi connectivity index (χ0v) is 14.0. The SMILES string of the molecule is CC(C)NCc1ccc(S(=O)(=O)NC2CCC(C)C2C)o1. The van der Waals surface area contributed by atoms with Gasteiger partial charge in [0.25, 0.3) is 10.0 Å². The molecular weight excluding hydrogens is 288 g/mol. The molecule has 120 valence electrons. The van der Waals surface area contributed by atoms with E-state index in [-0.39, 0.29) is 11.1 Å². The molecule has 1 aromatic rings. The van der Waals surface area contributed by atoms with E-state index in [1.807, 2.05) is 13.8 Å². The average Bonchev–Trinajstić information content (AvgIpc) is 2.99. The molecule has 6 heteroatoms. The lowest BCUT2D eigenvalue weighted by Gasteiger charge is -2.18. The Morgan fingerprint density at radius 3 is 2.57 bits per heavy atom. The van der Waals surface area contributed by atoms with Gasteiger partial charge in [-0.1, -0.05) is 27.7 Å². The van der Waals surface area contributed by atoms with Gasteiger partial charge in [-0.25, -0.2) is 13.1 Å². The van der Waals surface area contributed by atoms with Gasteiger partial charge >= 0.3 is 0 Å². The number of hydrogen-bond donors (Lipinski definition) is 2. The Morgan fingerprint density at radius 2 is 2.00 bits per heavy atom. The van der Waals surface area contributed by atoms with E-state index in [9.17, 15) is 8.42 Å². The van der Waals surface area contributed by atoms with E-state index in [1.54, 1.807) is 6.07 Å². The van der Waals surface area contributed by atoms with E-state index in [4.69, 9.17) is 4.42 Å². The Bertz CT molecular complexity index is 565. The first-order valence-electron chi connectivity index (χ1n) is 7.64. The Kier molecular flexibility index (Phi) is 5.11. The quantitative estimate of drug-likeness (QED) is 0.846. The van der Waals surface area contributed by atoms with Crippen molar-refractivity contribution in [3.63, 3.8) is 0 Å². The molecule has 0 aliphatic heterocycles. The summed E-state index contributed by atoms with van der Waals surface area (Å²) in [6.45, 7) is 8.87. The molecule has 3 atom stereocenters. The number of nitrogens with one attached hydrogen (secondary N) is 2. The molecule has 3 unspecified atom stereocenters. The summed E-state index contributed by atoms with van der Waals surface area (Å²) in [4.78, 5) is 0. The van der Waals surface area contributed by atoms with Crippen LogP contribution in [-0.2, 0) is 16.6 Å². The minimum atomic E-state index is -3.56. The van der Waals surface area contributed by atoms with Crippen molar-refractivity contribution < 1.29 is 12.8 Å². The molecule has 0 bridgehead atoms. The van der Waals surface area contributed by atoms with Gasteiger partial charge in [-0.2, -0.15) is 0 Å². The fourth-order valence-electron chi connectivity index (χ4n) is 2.69. The Hall–Kier alpha value is -0.850. The molecule has 1 aromatic heterocycles. The van der Waals surface area contributed by atoms with Gasteiger partial charge < -0.3 is 9.73 Å². The standard InChI is InChI=1S/C15H26N2O3S/c1-10(2)16-9-13-6-8-15(20-13)21(18,19)17-14-7-5-11(3)12(14)4/h6,8,10-12,14,16-17H,5,7,9H2,1-4H3. The van der Waals surface area contributed by atoms with Crippen LogP contribution in [0.2, 0.25) is 0 Å². The van der Waals surface area contributed by atoms with Gasteiger partial charge in [0.1, 0.15) is 5.76 Å². The number of rotatable bonds is 6. The summed E-state index contributed by atoms with van der Waals surface area (Å²) in [7, 11) is -3.56. The predicted octanol–water partition coefficient (Wildman–Crippen LogP) is 2.49. The normalized spacial score (nSPS) is 26.6. The molecular formula is C15H26N2O3S. The van der Waals surface area contributed by atoms with Gasteiger partial charge in [0, 0.05) is 12.1 Å². The van der Waals surface area contributed by atoms with Crippen LogP contribution >= 0.6 is 0 Å². The minimum Gasteiger partial charge on any atom is -0.447 e. The maximum absolute atomic E-state index is 12.4. The van der Waals surface area contributed by atoms with E-state index in [2.05, 4.69) is 23.9 Å². The van der Waals surface area contributed by atoms with E-state index in [0.717, 1.165) is 12.8 Å². The van der Waals surface area contributed by atoms with Crippen molar-refractivity contribution >= 4 is 10.0 Å². The minimum absolute atomic E-state index is 0.00680. The summed E-state index contributed by atoms with van der Waals surface area (Å²) < 4.78 is 33.0. The van der Waals surface area contributed by atoms with Crippen LogP contribution in [0.5, 0.6) is 0 Å². The fraction of sp³-hybridized carbons (Fsp3) is 0.733. The molecule has 1 aliphatic rings. The van der Waals surface area contributed by atoms with Gasteiger partial charge in [-0.05, 0) is 36.8 Å². The maximum atomic E-state index is 12.4. The van der Waals surface area contributed by atoms with Crippen LogP contribution in [0.25, 0.3) is 0 Å². The van der Waals surface area contributed by atoms with E-state index in [0.29, 0.717) is 30.2 Å². The van der Waals surface area contributed by atoms with Crippen LogP contribution in [0.3, 0.4) is 0 Å². The van der Waals surface area contributed by atoms with Crippen LogP contribution in [0.15, 0.2) is 21.6 Å². The van der Waals surface area contributed by atoms with Gasteiger partial charge in [0.15, 0.2) is 0 Å². The average molecular weight is 314 g/mol. The molecule has 0 spiro atoms. The second-order valence-electron chi connectivity index (χ2n) is 6.40. The van der Waals surface area contributed by atoms with Crippen molar-refractivity contribution in [2.75, 3.05) is 0 Å². The van der Waals surface area contributed by atoms with Crippen LogP contribution in [0.4, 0.5) is 0 Å². The summed E-state index contributed by atoms with van der Waals surface area (Å²) in [5.41, 5.74) is 0. The van der Waals surface area contributed by atoms with Gasteiger partial charge in [0.2, 0.25) is 5.09 Å². The first kappa shape index (κ1) is 16.5. The molecule has 5 nitrogen and oxygen atoms in total. The summed E-state index contributed by atoms with van der Waals surface area (Å²) in [5, 5.41) is 3.21. The lowest BCUT2D eigenvalue weighted by Crippen LogP contribution is -2.37. The third-order valence-corrected chi connectivity index (χ3v) is 5.72. The molecule has 1 heterocycles. The van der Waals surface area contributed by atoms with E-state index >= 15 is 0 Å². The highest BCUT2D eigenvalue weighted by Crippen LogP contribution is 2.32. The molecule has 1 fully saturated rings. The Labute approximate surface area is 127 Å². The summed E-state index contributed by atoms with van der Waals surface area (Å²) in [6.07, 6.45) is 1.96. The third-order valence-electron chi connectivity index (χ3n) is 4.36. The number of hydrogen-bond acceptors (Lipinski definition) is 4. The zero-order chi connectivity index (χ0) is 15.6. The van der Waals surface area contributed by atoms with Gasteiger partial charge in [-0.3, -0.25) is 0 Å². The van der Waals surface area contributed by atoms with Crippen molar-refractivity contribution in [1.29, 1.82) is 0 Å². The molecule has 1 saturated carbocycles. The second-order valence-corrected chi connectivity index (χ2v) is 8.04. The topological polar surface area (TPSA) is 71.3 Å². The number of sulfonamides is 1. The maximum Gasteiger partial charge on any atom is 0.274 e. The lowest BCUT2D eigenvalue weighted by molar-refractivity contribution is 0.378. The molecule has 21 heavy (non-hydrogen) atoms. The van der Waals surface area contributed by atoms with Crippen LogP contribution < -0.4 is 10.0 Å². The molecule has 2 rings (SSSR count). The Morgan fingerprint density at radius 1 is 1.29 bits per heavy atom. The highest BCUT2D eigenvalue weighted by molar-refractivity contribution is 7.89. The third kappa shape index (κ3) is 4.08. The second kappa shape index (κ2) is 6.50. The van der Waals surface area contributed by atoms with Crippen LogP contribution in [0, 0.1) is 11.8 Å². The molecule has 2 N–H and O–H groups in total. The van der Waals surface area contributed by atoms with Crippen molar-refractivity contribution in [3.05, 3.63) is 17.9 Å². The zero-order valence-electron chi connectivity index (χ0n) is 13.2. The van der Waals surface area contributed by atoms with Crippen LogP contribution in [-0.4, -0.2) is 20.5 Å². The monoisotopic (exact) mass is 314 g/mol. The van der Waals surface area contributed by atoms with Crippen molar-refractivity contribution in [2.45, 2.75) is 64.3 Å². The highest BCUT2D eigenvalue weighted by atomic mass is 32.2. The summed E-state index contributed by atoms with van der Waals surface area (Å²) >= 11 is 0. The van der Waals surface area contributed by atoms with Crippen LogP contribution in [0.1, 0.15) is 46.3 Å². The number of furan rings is 1. The molecule has 0 amide bonds. The van der Waals surface area contributed by atoms with Gasteiger partial charge in [0.05, 0.1) is 6.54 Å². The summed E-state index contributed by atoms with van der Waals surface area (Å²) in [5.74, 6) is 1.55. The molecule has 1 aliphatic carbocycles. The molecule has 0 saturated heterocycles. The lowest BCUT2D eigenvalue weighted by atomic mass is 9.98. The summed E-state index contributed by atoms with van der Waals surface area (Å²) in [6, 6.07) is 3.58. The van der Waals surface area contributed by atoms with E-state index in [1.165, 1.54) is 6.07 Å². The van der Waals surface area contributed by atoms with Crippen molar-refractivity contribution in [2.24, 2.45) is 11.8 Å². The van der Waals surface area contributed by atoms with E-state index < -0.39 is 10.0 Å². The highest BCUT2D eigenvalue weighted by Gasteiger charge is 2.33. The van der Waals surface area contributed by atoms with Crippen molar-refractivity contribution in [3.8, 4) is 0 Å². The largest absolute Gasteiger partial charge is 0.447 e. The smallest absolute Gasteiger partial charge is 0.274 e. The molecule has 0 radical (unpaired) electrons. The fourth-order valence-corrected chi connectivity index (χ4v) is 4.00.